The molecule has 1 N–H and O–H groups in total. The van der Waals surface area contributed by atoms with E-state index in [1.54, 1.807) is 0 Å². The normalized spacial score (nSPS) is 36.8. The second-order valence-corrected chi connectivity index (χ2v) is 2.79. The molecule has 0 aromatic carbocycles. The number of aliphatic hydroxyl groups excluding tert-OH is 1. The summed E-state index contributed by atoms with van der Waals surface area (Å²) in [6, 6.07) is 0. The number of aliphatic hydroxyl groups is 1. The molecule has 48 valence electrons. The lowest BCUT2D eigenvalue weighted by Crippen LogP contribution is -2.25. The highest BCUT2D eigenvalue weighted by Gasteiger charge is 2.26. The Morgan fingerprint density at radius 2 is 2.00 bits per heavy atom. The molecule has 1 heteroatoms. The summed E-state index contributed by atoms with van der Waals surface area (Å²) in [6.45, 7) is 2.63. The highest BCUT2D eigenvalue weighted by atomic mass is 16.3. The number of hydrogen-bond acceptors (Lipinski definition) is 1. The van der Waals surface area contributed by atoms with Gasteiger partial charge in [-0.15, -0.1) is 0 Å². The van der Waals surface area contributed by atoms with Gasteiger partial charge < -0.3 is 5.11 Å². The molecule has 8 heavy (non-hydrogen) atoms. The van der Waals surface area contributed by atoms with Crippen LogP contribution in [0.4, 0.5) is 0 Å². The van der Waals surface area contributed by atoms with Crippen LogP contribution < -0.4 is 0 Å². The van der Waals surface area contributed by atoms with Gasteiger partial charge in [-0.1, -0.05) is 13.3 Å². The van der Waals surface area contributed by atoms with Crippen LogP contribution in [-0.4, -0.2) is 11.7 Å². The predicted octanol–water partition coefficient (Wildman–Crippen LogP) is 1.41. The van der Waals surface area contributed by atoms with Gasteiger partial charge in [0.2, 0.25) is 0 Å². The summed E-state index contributed by atoms with van der Waals surface area (Å²) in [5.41, 5.74) is 0. The fraction of sp³-hybridized carbons (Fsp3) is 1.00. The maximum Gasteiger partial charge on any atom is 0.0459 e. The summed E-state index contributed by atoms with van der Waals surface area (Å²) >= 11 is 0. The van der Waals surface area contributed by atoms with Crippen molar-refractivity contribution in [2.75, 3.05) is 6.61 Å². The molecule has 0 saturated heterocycles. The third-order valence-electron chi connectivity index (χ3n) is 2.17. The van der Waals surface area contributed by atoms with Gasteiger partial charge in [0, 0.05) is 6.61 Å². The molecular weight excluding hydrogens is 100 g/mol. The first-order chi connectivity index (χ1) is 3.86. The van der Waals surface area contributed by atoms with E-state index in [0.29, 0.717) is 12.5 Å². The Balaban J connectivity index is 2.03. The minimum atomic E-state index is 0.413. The molecule has 1 saturated carbocycles. The van der Waals surface area contributed by atoms with E-state index >= 15 is 0 Å². The molecule has 0 amide bonds. The van der Waals surface area contributed by atoms with Gasteiger partial charge in [0.15, 0.2) is 0 Å². The largest absolute Gasteiger partial charge is 0.396 e. The lowest BCUT2D eigenvalue weighted by molar-refractivity contribution is 0.105. The third-order valence-corrected chi connectivity index (χ3v) is 2.17. The molecule has 1 rings (SSSR count). The van der Waals surface area contributed by atoms with E-state index in [0.717, 1.165) is 5.92 Å². The first kappa shape index (κ1) is 6.09. The predicted molar refractivity (Wildman–Crippen MR) is 33.6 cm³/mol. The minimum absolute atomic E-state index is 0.413. The monoisotopic (exact) mass is 114 g/mol. The molecule has 0 spiro atoms. The van der Waals surface area contributed by atoms with Gasteiger partial charge in [-0.25, -0.2) is 0 Å². The van der Waals surface area contributed by atoms with Crippen molar-refractivity contribution in [1.82, 2.24) is 0 Å². The van der Waals surface area contributed by atoms with Gasteiger partial charge in [0.05, 0.1) is 0 Å². The van der Waals surface area contributed by atoms with Gasteiger partial charge in [-0.2, -0.15) is 0 Å². The molecule has 0 heterocycles. The minimum Gasteiger partial charge on any atom is -0.396 e. The zero-order valence-electron chi connectivity index (χ0n) is 5.43. The van der Waals surface area contributed by atoms with Crippen LogP contribution in [0.3, 0.4) is 0 Å². The molecule has 1 aliphatic rings. The highest BCUT2D eigenvalue weighted by molar-refractivity contribution is 4.77. The lowest BCUT2D eigenvalue weighted by atomic mass is 9.74. The van der Waals surface area contributed by atoms with E-state index in [9.17, 15) is 0 Å². The SMILES string of the molecule is CCC1CC(CO)C1. The molecule has 0 aromatic rings. The van der Waals surface area contributed by atoms with E-state index in [1.807, 2.05) is 0 Å². The Hall–Kier alpha value is -0.0400. The van der Waals surface area contributed by atoms with Crippen molar-refractivity contribution in [1.29, 1.82) is 0 Å². The van der Waals surface area contributed by atoms with E-state index in [-0.39, 0.29) is 0 Å². The molecule has 0 aromatic heterocycles. The summed E-state index contributed by atoms with van der Waals surface area (Å²) in [5, 5.41) is 8.60. The number of rotatable bonds is 2. The summed E-state index contributed by atoms with van der Waals surface area (Å²) in [5.74, 6) is 1.59. The second kappa shape index (κ2) is 2.49. The van der Waals surface area contributed by atoms with Gasteiger partial charge >= 0.3 is 0 Å². The Bertz CT molecular complexity index is 56.8. The lowest BCUT2D eigenvalue weighted by Gasteiger charge is -2.32. The van der Waals surface area contributed by atoms with Crippen LogP contribution in [0.5, 0.6) is 0 Å². The standard InChI is InChI=1S/C7H14O/c1-2-6-3-7(4-6)5-8/h6-8H,2-5H2,1H3. The highest BCUT2D eigenvalue weighted by Crippen LogP contribution is 2.34. The fourth-order valence-electron chi connectivity index (χ4n) is 1.36. The van der Waals surface area contributed by atoms with Gasteiger partial charge in [-0.05, 0) is 24.7 Å². The molecule has 0 aliphatic heterocycles. The summed E-state index contributed by atoms with van der Waals surface area (Å²) in [4.78, 5) is 0. The van der Waals surface area contributed by atoms with Crippen molar-refractivity contribution in [2.24, 2.45) is 11.8 Å². The Morgan fingerprint density at radius 3 is 2.38 bits per heavy atom. The van der Waals surface area contributed by atoms with Crippen LogP contribution in [0.1, 0.15) is 26.2 Å². The van der Waals surface area contributed by atoms with E-state index in [2.05, 4.69) is 6.92 Å². The van der Waals surface area contributed by atoms with Crippen molar-refractivity contribution in [2.45, 2.75) is 26.2 Å². The fourth-order valence-corrected chi connectivity index (χ4v) is 1.36. The second-order valence-electron chi connectivity index (χ2n) is 2.79. The molecule has 0 radical (unpaired) electrons. The summed E-state index contributed by atoms with van der Waals surface area (Å²) in [7, 11) is 0. The Labute approximate surface area is 50.7 Å². The van der Waals surface area contributed by atoms with Gasteiger partial charge in [0.25, 0.3) is 0 Å². The smallest absolute Gasteiger partial charge is 0.0459 e. The molecule has 1 fully saturated rings. The Morgan fingerprint density at radius 1 is 1.38 bits per heavy atom. The first-order valence-corrected chi connectivity index (χ1v) is 3.47. The van der Waals surface area contributed by atoms with Crippen molar-refractivity contribution in [3.8, 4) is 0 Å². The topological polar surface area (TPSA) is 20.2 Å². The van der Waals surface area contributed by atoms with Crippen LogP contribution in [0.25, 0.3) is 0 Å². The van der Waals surface area contributed by atoms with Gasteiger partial charge in [-0.3, -0.25) is 0 Å². The molecule has 0 atom stereocenters. The molecule has 0 unspecified atom stereocenters. The van der Waals surface area contributed by atoms with Crippen LogP contribution in [-0.2, 0) is 0 Å². The van der Waals surface area contributed by atoms with Crippen LogP contribution >= 0.6 is 0 Å². The van der Waals surface area contributed by atoms with Crippen molar-refractivity contribution < 1.29 is 5.11 Å². The third kappa shape index (κ3) is 1.03. The van der Waals surface area contributed by atoms with Gasteiger partial charge in [0.1, 0.15) is 0 Å². The quantitative estimate of drug-likeness (QED) is 0.575. The van der Waals surface area contributed by atoms with E-state index < -0.39 is 0 Å². The van der Waals surface area contributed by atoms with E-state index in [1.165, 1.54) is 19.3 Å². The van der Waals surface area contributed by atoms with Crippen LogP contribution in [0.15, 0.2) is 0 Å². The average molecular weight is 114 g/mol. The zero-order valence-corrected chi connectivity index (χ0v) is 5.43. The zero-order chi connectivity index (χ0) is 5.98. The molecule has 0 bridgehead atoms. The maximum absolute atomic E-state index is 8.60. The van der Waals surface area contributed by atoms with Crippen molar-refractivity contribution in [3.63, 3.8) is 0 Å². The molecule has 1 aliphatic carbocycles. The maximum atomic E-state index is 8.60. The molecule has 1 nitrogen and oxygen atoms in total. The summed E-state index contributed by atoms with van der Waals surface area (Å²) in [6.07, 6.45) is 3.84. The Kier molecular flexibility index (Phi) is 1.90. The van der Waals surface area contributed by atoms with Crippen molar-refractivity contribution in [3.05, 3.63) is 0 Å². The average Bonchev–Trinajstić information content (AvgIpc) is 1.65. The van der Waals surface area contributed by atoms with Crippen LogP contribution in [0, 0.1) is 11.8 Å². The van der Waals surface area contributed by atoms with Crippen molar-refractivity contribution >= 4 is 0 Å². The summed E-state index contributed by atoms with van der Waals surface area (Å²) < 4.78 is 0. The molecular formula is C7H14O. The first-order valence-electron chi connectivity index (χ1n) is 3.47. The van der Waals surface area contributed by atoms with E-state index in [4.69, 9.17) is 5.11 Å². The van der Waals surface area contributed by atoms with Crippen LogP contribution in [0.2, 0.25) is 0 Å². The number of hydrogen-bond donors (Lipinski definition) is 1.